The van der Waals surface area contributed by atoms with Crippen LogP contribution in [0.4, 0.5) is 16.2 Å². The number of benzene rings is 2. The van der Waals surface area contributed by atoms with Crippen LogP contribution < -0.4 is 10.2 Å². The number of carbonyl (C=O) groups excluding carboxylic acids is 1. The van der Waals surface area contributed by atoms with Crippen molar-refractivity contribution < 1.29 is 4.79 Å². The minimum Gasteiger partial charge on any atom is -0.308 e. The van der Waals surface area contributed by atoms with Crippen molar-refractivity contribution in [1.82, 2.24) is 0 Å². The van der Waals surface area contributed by atoms with Gasteiger partial charge in [-0.2, -0.15) is 0 Å². The first-order valence-electron chi connectivity index (χ1n) is 7.03. The van der Waals surface area contributed by atoms with Crippen molar-refractivity contribution in [2.24, 2.45) is 0 Å². The highest BCUT2D eigenvalue weighted by Gasteiger charge is 2.22. The fourth-order valence-corrected chi connectivity index (χ4v) is 3.39. The molecule has 0 aromatic heterocycles. The van der Waals surface area contributed by atoms with Crippen LogP contribution in [0, 0.1) is 13.8 Å². The number of nitrogens with one attached hydrogen (secondary N) is 1. The lowest BCUT2D eigenvalue weighted by molar-refractivity contribution is 0.257. The lowest BCUT2D eigenvalue weighted by atomic mass is 10.1. The molecule has 0 spiro atoms. The van der Waals surface area contributed by atoms with Crippen LogP contribution >= 0.6 is 11.8 Å². The van der Waals surface area contributed by atoms with Gasteiger partial charge in [-0.25, -0.2) is 4.79 Å². The Kier molecular flexibility index (Phi) is 3.88. The molecule has 0 saturated carbocycles. The van der Waals surface area contributed by atoms with Gasteiger partial charge in [0.1, 0.15) is 0 Å². The smallest absolute Gasteiger partial charge is 0.308 e. The van der Waals surface area contributed by atoms with Gasteiger partial charge in [0.15, 0.2) is 0 Å². The highest BCUT2D eigenvalue weighted by atomic mass is 32.2. The molecule has 2 aromatic rings. The molecule has 1 N–H and O–H groups in total. The van der Waals surface area contributed by atoms with Crippen molar-refractivity contribution in [3.05, 3.63) is 53.6 Å². The van der Waals surface area contributed by atoms with Gasteiger partial charge in [-0.3, -0.25) is 4.90 Å². The van der Waals surface area contributed by atoms with Gasteiger partial charge >= 0.3 is 6.03 Å². The predicted molar refractivity (Wildman–Crippen MR) is 89.4 cm³/mol. The minimum atomic E-state index is -0.0639. The van der Waals surface area contributed by atoms with E-state index in [1.54, 1.807) is 11.8 Å². The Bertz CT molecular complexity index is 684. The fraction of sp³-hybridized carbons (Fsp3) is 0.235. The van der Waals surface area contributed by atoms with E-state index in [1.165, 1.54) is 16.0 Å². The van der Waals surface area contributed by atoms with E-state index in [2.05, 4.69) is 25.2 Å². The molecule has 0 bridgehead atoms. The summed E-state index contributed by atoms with van der Waals surface area (Å²) in [6.07, 6.45) is 0. The Morgan fingerprint density at radius 1 is 1.14 bits per heavy atom. The Balaban J connectivity index is 1.81. The van der Waals surface area contributed by atoms with Crippen LogP contribution in [-0.2, 0) is 0 Å². The Morgan fingerprint density at radius 3 is 2.76 bits per heavy atom. The zero-order chi connectivity index (χ0) is 14.8. The summed E-state index contributed by atoms with van der Waals surface area (Å²) < 4.78 is 0. The number of amides is 2. The van der Waals surface area contributed by atoms with Crippen molar-refractivity contribution in [2.75, 3.05) is 22.5 Å². The van der Waals surface area contributed by atoms with Crippen LogP contribution in [0.3, 0.4) is 0 Å². The van der Waals surface area contributed by atoms with E-state index in [0.717, 1.165) is 23.7 Å². The zero-order valence-electron chi connectivity index (χ0n) is 12.2. The van der Waals surface area contributed by atoms with Gasteiger partial charge in [0, 0.05) is 22.9 Å². The normalized spacial score (nSPS) is 13.7. The molecule has 3 nitrogen and oxygen atoms in total. The summed E-state index contributed by atoms with van der Waals surface area (Å²) in [6.45, 7) is 4.86. The van der Waals surface area contributed by atoms with Crippen LogP contribution in [-0.4, -0.2) is 18.3 Å². The lowest BCUT2D eigenvalue weighted by Crippen LogP contribution is -2.38. The van der Waals surface area contributed by atoms with Crippen molar-refractivity contribution in [3.8, 4) is 0 Å². The maximum Gasteiger partial charge on any atom is 0.326 e. The van der Waals surface area contributed by atoms with E-state index in [-0.39, 0.29) is 6.03 Å². The molecule has 1 aliphatic heterocycles. The van der Waals surface area contributed by atoms with Crippen LogP contribution in [0.5, 0.6) is 0 Å². The summed E-state index contributed by atoms with van der Waals surface area (Å²) in [6, 6.07) is 14.0. The minimum absolute atomic E-state index is 0.0639. The van der Waals surface area contributed by atoms with E-state index in [9.17, 15) is 4.79 Å². The Hall–Kier alpha value is -1.94. The standard InChI is InChI=1S/C17H18N2OS/c1-12-7-8-14(11-13(12)2)18-17(20)19-9-10-21-16-6-4-3-5-15(16)19/h3-8,11H,9-10H2,1-2H3,(H,18,20). The number of nitrogens with zero attached hydrogens (tertiary/aromatic N) is 1. The Morgan fingerprint density at radius 2 is 1.95 bits per heavy atom. The van der Waals surface area contributed by atoms with Gasteiger partial charge in [-0.05, 0) is 49.2 Å². The van der Waals surface area contributed by atoms with Gasteiger partial charge in [-0.15, -0.1) is 11.8 Å². The number of thioether (sulfide) groups is 1. The van der Waals surface area contributed by atoms with E-state index >= 15 is 0 Å². The quantitative estimate of drug-likeness (QED) is 0.843. The van der Waals surface area contributed by atoms with E-state index in [1.807, 2.05) is 41.3 Å². The molecule has 3 rings (SSSR count). The van der Waals surface area contributed by atoms with E-state index in [4.69, 9.17) is 0 Å². The number of aryl methyl sites for hydroxylation is 2. The number of hydrogen-bond acceptors (Lipinski definition) is 2. The molecule has 1 aliphatic rings. The van der Waals surface area contributed by atoms with Crippen molar-refractivity contribution in [3.63, 3.8) is 0 Å². The number of fused-ring (bicyclic) bond motifs is 1. The molecule has 4 heteroatoms. The molecule has 1 heterocycles. The number of carbonyl (C=O) groups is 1. The topological polar surface area (TPSA) is 32.3 Å². The van der Waals surface area contributed by atoms with Crippen LogP contribution in [0.1, 0.15) is 11.1 Å². The second-order valence-corrected chi connectivity index (χ2v) is 6.33. The molecular weight excluding hydrogens is 280 g/mol. The zero-order valence-corrected chi connectivity index (χ0v) is 13.0. The summed E-state index contributed by atoms with van der Waals surface area (Å²) in [5.41, 5.74) is 4.25. The van der Waals surface area contributed by atoms with Crippen LogP contribution in [0.25, 0.3) is 0 Å². The van der Waals surface area contributed by atoms with Crippen molar-refractivity contribution in [1.29, 1.82) is 0 Å². The van der Waals surface area contributed by atoms with E-state index < -0.39 is 0 Å². The van der Waals surface area contributed by atoms with Crippen molar-refractivity contribution in [2.45, 2.75) is 18.7 Å². The highest BCUT2D eigenvalue weighted by molar-refractivity contribution is 7.99. The summed E-state index contributed by atoms with van der Waals surface area (Å²) in [4.78, 5) is 15.5. The average molecular weight is 298 g/mol. The third-order valence-corrected chi connectivity index (χ3v) is 4.77. The Labute approximate surface area is 129 Å². The molecule has 108 valence electrons. The summed E-state index contributed by atoms with van der Waals surface area (Å²) >= 11 is 1.80. The highest BCUT2D eigenvalue weighted by Crippen LogP contribution is 2.34. The van der Waals surface area contributed by atoms with E-state index in [0.29, 0.717) is 0 Å². The molecule has 0 aliphatic carbocycles. The molecule has 2 aromatic carbocycles. The summed E-state index contributed by atoms with van der Waals surface area (Å²) in [5, 5.41) is 3.00. The third-order valence-electron chi connectivity index (χ3n) is 3.73. The number of rotatable bonds is 1. The molecule has 0 unspecified atom stereocenters. The predicted octanol–water partition coefficient (Wildman–Crippen LogP) is 4.45. The van der Waals surface area contributed by atoms with Gasteiger partial charge in [0.2, 0.25) is 0 Å². The van der Waals surface area contributed by atoms with Gasteiger partial charge in [-0.1, -0.05) is 18.2 Å². The number of urea groups is 1. The van der Waals surface area contributed by atoms with Gasteiger partial charge in [0.05, 0.1) is 5.69 Å². The second-order valence-electron chi connectivity index (χ2n) is 5.20. The molecule has 2 amide bonds. The van der Waals surface area contributed by atoms with Crippen LogP contribution in [0.15, 0.2) is 47.4 Å². The number of anilines is 2. The molecule has 0 radical (unpaired) electrons. The number of para-hydroxylation sites is 1. The van der Waals surface area contributed by atoms with Gasteiger partial charge in [0.25, 0.3) is 0 Å². The maximum absolute atomic E-state index is 12.5. The summed E-state index contributed by atoms with van der Waals surface area (Å²) in [7, 11) is 0. The third kappa shape index (κ3) is 2.90. The molecule has 0 fully saturated rings. The van der Waals surface area contributed by atoms with Gasteiger partial charge < -0.3 is 5.32 Å². The second kappa shape index (κ2) is 5.82. The first-order chi connectivity index (χ1) is 10.1. The van der Waals surface area contributed by atoms with Crippen LogP contribution in [0.2, 0.25) is 0 Å². The molecule has 21 heavy (non-hydrogen) atoms. The van der Waals surface area contributed by atoms with Crippen molar-refractivity contribution >= 4 is 29.2 Å². The molecule has 0 atom stereocenters. The summed E-state index contributed by atoms with van der Waals surface area (Å²) in [5.74, 6) is 0.928. The fourth-order valence-electron chi connectivity index (χ4n) is 2.39. The SMILES string of the molecule is Cc1ccc(NC(=O)N2CCSc3ccccc32)cc1C. The number of hydrogen-bond donors (Lipinski definition) is 1. The maximum atomic E-state index is 12.5. The largest absolute Gasteiger partial charge is 0.326 e. The molecule has 0 saturated heterocycles. The monoisotopic (exact) mass is 298 g/mol. The average Bonchev–Trinajstić information content (AvgIpc) is 2.50. The lowest BCUT2D eigenvalue weighted by Gasteiger charge is -2.29. The molecular formula is C17H18N2OS. The first-order valence-corrected chi connectivity index (χ1v) is 8.01. The first kappa shape index (κ1) is 14.0.